The number of aliphatic hydroxyl groups is 7. The normalized spacial score (nSPS) is 32.0. The first-order valence-electron chi connectivity index (χ1n) is 16.9. The summed E-state index contributed by atoms with van der Waals surface area (Å²) in [6, 6.07) is 0. The number of pyridine rings is 1. The monoisotopic (exact) mass is 725 g/mol. The van der Waals surface area contributed by atoms with Gasteiger partial charge in [-0.3, -0.25) is 4.79 Å². The van der Waals surface area contributed by atoms with Crippen molar-refractivity contribution in [1.29, 1.82) is 0 Å². The molecule has 12 atom stereocenters. The highest BCUT2D eigenvalue weighted by molar-refractivity contribution is 5.40. The summed E-state index contributed by atoms with van der Waals surface area (Å²) in [4.78, 5) is 15.7. The van der Waals surface area contributed by atoms with Crippen LogP contribution in [0.5, 0.6) is 11.6 Å². The number of methoxy groups -OCH3 is 2. The van der Waals surface area contributed by atoms with Gasteiger partial charge >= 0.3 is 0 Å². The quantitative estimate of drug-likeness (QED) is 0.0847. The molecule has 51 heavy (non-hydrogen) atoms. The molecule has 0 bridgehead atoms. The van der Waals surface area contributed by atoms with Gasteiger partial charge in [0.2, 0.25) is 17.1 Å². The predicted octanol–water partition coefficient (Wildman–Crippen LogP) is 0.303. The van der Waals surface area contributed by atoms with Crippen LogP contribution in [-0.4, -0.2) is 136 Å². The van der Waals surface area contributed by atoms with Crippen LogP contribution in [0.2, 0.25) is 0 Å². The lowest BCUT2D eigenvalue weighted by Gasteiger charge is -2.43. The van der Waals surface area contributed by atoms with E-state index < -0.39 is 80.7 Å². The number of aromatic nitrogens is 1. The molecule has 0 saturated carbocycles. The van der Waals surface area contributed by atoms with Crippen molar-refractivity contribution in [3.05, 3.63) is 69.1 Å². The van der Waals surface area contributed by atoms with Gasteiger partial charge < -0.3 is 69.2 Å². The molecule has 2 aliphatic rings. The van der Waals surface area contributed by atoms with Crippen molar-refractivity contribution in [3.63, 3.8) is 0 Å². The molecule has 2 aliphatic heterocycles. The van der Waals surface area contributed by atoms with Crippen LogP contribution in [0.15, 0.2) is 52.4 Å². The molecule has 0 aromatic carbocycles. The van der Waals surface area contributed by atoms with E-state index in [0.717, 1.165) is 16.8 Å². The van der Waals surface area contributed by atoms with Crippen molar-refractivity contribution < 1.29 is 64.2 Å². The van der Waals surface area contributed by atoms with E-state index >= 15 is 0 Å². The second kappa shape index (κ2) is 19.8. The van der Waals surface area contributed by atoms with Crippen LogP contribution in [0.3, 0.4) is 0 Å². The first-order chi connectivity index (χ1) is 24.2. The first-order valence-corrected chi connectivity index (χ1v) is 16.9. The Balaban J connectivity index is 1.62. The zero-order valence-corrected chi connectivity index (χ0v) is 30.2. The number of rotatable bonds is 16. The van der Waals surface area contributed by atoms with Crippen molar-refractivity contribution >= 4 is 0 Å². The van der Waals surface area contributed by atoms with Crippen molar-refractivity contribution in [3.8, 4) is 11.6 Å². The highest BCUT2D eigenvalue weighted by Gasteiger charge is 2.48. The van der Waals surface area contributed by atoms with Gasteiger partial charge in [0.05, 0.1) is 33.5 Å². The fourth-order valence-electron chi connectivity index (χ4n) is 5.78. The number of nitrogens with one attached hydrogen (secondary N) is 1. The van der Waals surface area contributed by atoms with Crippen molar-refractivity contribution in [2.75, 3.05) is 27.4 Å². The van der Waals surface area contributed by atoms with E-state index in [2.05, 4.69) is 4.98 Å². The molecule has 1 aromatic heterocycles. The van der Waals surface area contributed by atoms with E-state index in [1.54, 1.807) is 6.92 Å². The lowest BCUT2D eigenvalue weighted by atomic mass is 9.96. The molecule has 15 nitrogen and oxygen atoms in total. The number of allylic oxidation sites excluding steroid dienone is 6. The summed E-state index contributed by atoms with van der Waals surface area (Å²) in [5.41, 5.74) is 2.99. The first kappa shape index (κ1) is 42.5. The summed E-state index contributed by atoms with van der Waals surface area (Å²) in [7, 11) is 2.89. The Morgan fingerprint density at radius 2 is 1.53 bits per heavy atom. The average molecular weight is 726 g/mol. The smallest absolute Gasteiger partial charge is 0.238 e. The van der Waals surface area contributed by atoms with Crippen LogP contribution in [0.1, 0.15) is 45.4 Å². The third kappa shape index (κ3) is 10.6. The SMILES string of the molecule is CC=C(C)C(OC1OC(COC2OC(CO)C(O)C(O)C2O)C(O)C(O)C1O)C(C)C=CC=CCC(C)=CCc1[nH]c(OC)c(OC)c(=O)c1C. The van der Waals surface area contributed by atoms with E-state index in [1.807, 2.05) is 64.2 Å². The maximum absolute atomic E-state index is 12.6. The second-order valence-electron chi connectivity index (χ2n) is 12.9. The van der Waals surface area contributed by atoms with E-state index in [9.17, 15) is 40.5 Å². The largest absolute Gasteiger partial charge is 0.488 e. The van der Waals surface area contributed by atoms with Crippen LogP contribution < -0.4 is 14.9 Å². The second-order valence-corrected chi connectivity index (χ2v) is 12.9. The van der Waals surface area contributed by atoms with Crippen LogP contribution in [-0.2, 0) is 25.4 Å². The lowest BCUT2D eigenvalue weighted by Crippen LogP contribution is -2.62. The highest BCUT2D eigenvalue weighted by Crippen LogP contribution is 2.29. The van der Waals surface area contributed by atoms with Gasteiger partial charge in [-0.2, -0.15) is 0 Å². The molecule has 0 radical (unpaired) electrons. The fourth-order valence-corrected chi connectivity index (χ4v) is 5.78. The third-order valence-corrected chi connectivity index (χ3v) is 9.24. The van der Waals surface area contributed by atoms with Crippen LogP contribution >= 0.6 is 0 Å². The van der Waals surface area contributed by atoms with Crippen molar-refractivity contribution in [2.24, 2.45) is 5.92 Å². The molecule has 8 N–H and O–H groups in total. The standard InChI is InChI=1S/C36H55NO14/c1-8-19(3)32(20(4)13-11-9-10-12-18(2)14-15-22-21(5)25(39)33(46-6)34(37-22)47-7)51-36-31(45)29(43)27(41)24(50-36)17-48-35-30(44)28(42)26(40)23(16-38)49-35/h8-11,13-14,20,23-24,26-32,35-36,38,40-45H,12,15-17H2,1-7H3,(H,37,39). The average Bonchev–Trinajstić information content (AvgIpc) is 3.12. The summed E-state index contributed by atoms with van der Waals surface area (Å²) in [5, 5.41) is 71.8. The maximum Gasteiger partial charge on any atom is 0.238 e. The van der Waals surface area contributed by atoms with Gasteiger partial charge in [0.1, 0.15) is 48.8 Å². The molecule has 0 aliphatic carbocycles. The van der Waals surface area contributed by atoms with E-state index in [-0.39, 0.29) is 23.0 Å². The minimum absolute atomic E-state index is 0.142. The van der Waals surface area contributed by atoms with E-state index in [4.69, 9.17) is 28.4 Å². The molecule has 2 fully saturated rings. The Bertz CT molecular complexity index is 1440. The molecule has 0 spiro atoms. The summed E-state index contributed by atoms with van der Waals surface area (Å²) in [6.07, 6.45) is -2.94. The van der Waals surface area contributed by atoms with Gasteiger partial charge in [-0.05, 0) is 39.7 Å². The van der Waals surface area contributed by atoms with Crippen molar-refractivity contribution in [2.45, 2.75) is 115 Å². The van der Waals surface area contributed by atoms with Gasteiger partial charge in [0.15, 0.2) is 12.6 Å². The molecule has 1 aromatic rings. The molecule has 15 heteroatoms. The predicted molar refractivity (Wildman–Crippen MR) is 185 cm³/mol. The van der Waals surface area contributed by atoms with E-state index in [1.165, 1.54) is 14.2 Å². The Hall–Kier alpha value is -2.93. The summed E-state index contributed by atoms with van der Waals surface area (Å²) >= 11 is 0. The zero-order chi connectivity index (χ0) is 38.0. The molecule has 2 saturated heterocycles. The Morgan fingerprint density at radius 3 is 2.14 bits per heavy atom. The molecule has 0 amide bonds. The van der Waals surface area contributed by atoms with Gasteiger partial charge in [-0.25, -0.2) is 0 Å². The van der Waals surface area contributed by atoms with Gasteiger partial charge in [0.25, 0.3) is 0 Å². The maximum atomic E-state index is 12.6. The molecule has 3 rings (SSSR count). The lowest BCUT2D eigenvalue weighted by molar-refractivity contribution is -0.335. The number of hydrogen-bond donors (Lipinski definition) is 8. The Morgan fingerprint density at radius 1 is 0.902 bits per heavy atom. The number of H-pyrrole nitrogens is 1. The number of aromatic amines is 1. The Labute approximate surface area is 298 Å². The van der Waals surface area contributed by atoms with Gasteiger partial charge in [-0.15, -0.1) is 0 Å². The summed E-state index contributed by atoms with van der Waals surface area (Å²) < 4.78 is 33.3. The summed E-state index contributed by atoms with van der Waals surface area (Å²) in [6.45, 7) is 8.24. The molecule has 12 unspecified atom stereocenters. The minimum atomic E-state index is -1.67. The third-order valence-electron chi connectivity index (χ3n) is 9.24. The topological polar surface area (TPSA) is 230 Å². The molecule has 3 heterocycles. The zero-order valence-electron chi connectivity index (χ0n) is 30.2. The van der Waals surface area contributed by atoms with Crippen LogP contribution in [0, 0.1) is 12.8 Å². The van der Waals surface area contributed by atoms with Crippen LogP contribution in [0.25, 0.3) is 0 Å². The van der Waals surface area contributed by atoms with Crippen LogP contribution in [0.4, 0.5) is 0 Å². The number of aliphatic hydroxyl groups excluding tert-OH is 7. The van der Waals surface area contributed by atoms with Crippen molar-refractivity contribution in [1.82, 2.24) is 4.98 Å². The fraction of sp³-hybridized carbons (Fsp3) is 0.639. The summed E-state index contributed by atoms with van der Waals surface area (Å²) in [5.74, 6) is 0.196. The Kier molecular flexibility index (Phi) is 16.5. The molecular weight excluding hydrogens is 670 g/mol. The number of ether oxygens (including phenoxy) is 6. The number of hydrogen-bond acceptors (Lipinski definition) is 14. The van der Waals surface area contributed by atoms with Gasteiger partial charge in [0, 0.05) is 23.6 Å². The highest BCUT2D eigenvalue weighted by atomic mass is 16.7. The van der Waals surface area contributed by atoms with Gasteiger partial charge in [-0.1, -0.05) is 49.0 Å². The minimum Gasteiger partial charge on any atom is -0.488 e. The molecule has 288 valence electrons. The van der Waals surface area contributed by atoms with E-state index in [0.29, 0.717) is 18.4 Å². The molecular formula is C36H55NO14.